The average molecular weight is 247 g/mol. The predicted octanol–water partition coefficient (Wildman–Crippen LogP) is 3.85. The summed E-state index contributed by atoms with van der Waals surface area (Å²) < 4.78 is 5.68. The predicted molar refractivity (Wildman–Crippen MR) is 76.2 cm³/mol. The normalized spacial score (nSPS) is 15.9. The van der Waals surface area contributed by atoms with E-state index in [0.29, 0.717) is 6.04 Å². The fraction of sp³-hybridized carbons (Fsp3) is 0.625. The number of ether oxygens (including phenoxy) is 1. The fourth-order valence-corrected chi connectivity index (χ4v) is 2.59. The molecule has 0 radical (unpaired) electrons. The molecule has 0 aromatic heterocycles. The lowest BCUT2D eigenvalue weighted by molar-refractivity contribution is 0.288. The van der Waals surface area contributed by atoms with E-state index in [9.17, 15) is 0 Å². The summed E-state index contributed by atoms with van der Waals surface area (Å²) in [5.74, 6) is 1.09. The van der Waals surface area contributed by atoms with Gasteiger partial charge in [0.05, 0.1) is 6.61 Å². The van der Waals surface area contributed by atoms with E-state index in [0.717, 1.165) is 31.7 Å². The van der Waals surface area contributed by atoms with Crippen LogP contribution >= 0.6 is 0 Å². The van der Waals surface area contributed by atoms with E-state index in [4.69, 9.17) is 4.74 Å². The van der Waals surface area contributed by atoms with E-state index in [1.807, 2.05) is 0 Å². The highest BCUT2D eigenvalue weighted by Gasteiger charge is 2.14. The molecule has 1 atom stereocenters. The molecule has 2 nitrogen and oxygen atoms in total. The molecule has 1 aromatic rings. The highest BCUT2D eigenvalue weighted by atomic mass is 16.5. The first-order chi connectivity index (χ1) is 8.85. The summed E-state index contributed by atoms with van der Waals surface area (Å²) in [5, 5.41) is 3.65. The summed E-state index contributed by atoms with van der Waals surface area (Å²) in [6.07, 6.45) is 5.93. The number of nitrogens with one attached hydrogen (secondary N) is 1. The zero-order chi connectivity index (χ0) is 12.8. The first-order valence-electron chi connectivity index (χ1n) is 7.34. The van der Waals surface area contributed by atoms with Crippen LogP contribution in [0.4, 0.5) is 0 Å². The minimum atomic E-state index is 0.502. The summed E-state index contributed by atoms with van der Waals surface area (Å²) >= 11 is 0. The smallest absolute Gasteiger partial charge is 0.122 e. The standard InChI is InChI=1S/C16H25NO/c1-3-6-15(17-10-4-2)13-8-9-16-14(12-13)7-5-11-18-16/h8-9,12,15,17H,3-7,10-11H2,1-2H3. The van der Waals surface area contributed by atoms with Gasteiger partial charge in [0.15, 0.2) is 0 Å². The van der Waals surface area contributed by atoms with Crippen molar-refractivity contribution in [3.05, 3.63) is 29.3 Å². The lowest BCUT2D eigenvalue weighted by Gasteiger charge is -2.22. The molecule has 0 saturated carbocycles. The number of fused-ring (bicyclic) bond motifs is 1. The van der Waals surface area contributed by atoms with Crippen LogP contribution in [0.3, 0.4) is 0 Å². The molecule has 0 bridgehead atoms. The maximum absolute atomic E-state index is 5.68. The van der Waals surface area contributed by atoms with E-state index in [1.54, 1.807) is 0 Å². The van der Waals surface area contributed by atoms with Gasteiger partial charge in [0.25, 0.3) is 0 Å². The SMILES string of the molecule is CCCNC(CCC)c1ccc2c(c1)CCCO2. The third-order valence-electron chi connectivity index (χ3n) is 3.55. The number of hydrogen-bond acceptors (Lipinski definition) is 2. The minimum absolute atomic E-state index is 0.502. The number of rotatable bonds is 6. The van der Waals surface area contributed by atoms with Gasteiger partial charge in [0.1, 0.15) is 5.75 Å². The lowest BCUT2D eigenvalue weighted by Crippen LogP contribution is -2.22. The Morgan fingerprint density at radius 2 is 2.17 bits per heavy atom. The van der Waals surface area contributed by atoms with Crippen LogP contribution in [-0.2, 0) is 6.42 Å². The van der Waals surface area contributed by atoms with Crippen molar-refractivity contribution in [3.8, 4) is 5.75 Å². The zero-order valence-corrected chi connectivity index (χ0v) is 11.7. The van der Waals surface area contributed by atoms with Gasteiger partial charge >= 0.3 is 0 Å². The minimum Gasteiger partial charge on any atom is -0.493 e. The molecule has 1 N–H and O–H groups in total. The van der Waals surface area contributed by atoms with Crippen LogP contribution in [0, 0.1) is 0 Å². The Bertz CT molecular complexity index is 375. The van der Waals surface area contributed by atoms with Crippen LogP contribution in [0.1, 0.15) is 56.7 Å². The molecule has 0 aliphatic carbocycles. The van der Waals surface area contributed by atoms with Gasteiger partial charge in [0.2, 0.25) is 0 Å². The number of benzene rings is 1. The molecule has 1 aromatic carbocycles. The molecule has 0 spiro atoms. The van der Waals surface area contributed by atoms with Crippen LogP contribution in [0.5, 0.6) is 5.75 Å². The Kier molecular flexibility index (Phi) is 5.06. The molecule has 1 aliphatic heterocycles. The topological polar surface area (TPSA) is 21.3 Å². The second-order valence-electron chi connectivity index (χ2n) is 5.11. The molecule has 1 unspecified atom stereocenters. The highest BCUT2D eigenvalue weighted by molar-refractivity contribution is 5.39. The molecule has 2 rings (SSSR count). The van der Waals surface area contributed by atoms with Crippen molar-refractivity contribution in [1.29, 1.82) is 0 Å². The van der Waals surface area contributed by atoms with Crippen LogP contribution in [-0.4, -0.2) is 13.2 Å². The van der Waals surface area contributed by atoms with Crippen molar-refractivity contribution >= 4 is 0 Å². The van der Waals surface area contributed by atoms with Gasteiger partial charge in [-0.05, 0) is 49.4 Å². The van der Waals surface area contributed by atoms with Crippen LogP contribution in [0.2, 0.25) is 0 Å². The molecule has 2 heteroatoms. The van der Waals surface area contributed by atoms with E-state index in [-0.39, 0.29) is 0 Å². The van der Waals surface area contributed by atoms with Crippen molar-refractivity contribution in [2.75, 3.05) is 13.2 Å². The Morgan fingerprint density at radius 1 is 1.28 bits per heavy atom. The van der Waals surface area contributed by atoms with Gasteiger partial charge in [-0.2, -0.15) is 0 Å². The van der Waals surface area contributed by atoms with Gasteiger partial charge < -0.3 is 10.1 Å². The third kappa shape index (κ3) is 3.26. The largest absolute Gasteiger partial charge is 0.493 e. The monoisotopic (exact) mass is 247 g/mol. The van der Waals surface area contributed by atoms with E-state index >= 15 is 0 Å². The molecule has 100 valence electrons. The van der Waals surface area contributed by atoms with Crippen molar-refractivity contribution in [2.45, 2.75) is 52.0 Å². The molecular formula is C16H25NO. The van der Waals surface area contributed by atoms with Gasteiger partial charge in [-0.15, -0.1) is 0 Å². The average Bonchev–Trinajstić information content (AvgIpc) is 2.43. The summed E-state index contributed by atoms with van der Waals surface area (Å²) in [6, 6.07) is 7.23. The third-order valence-corrected chi connectivity index (χ3v) is 3.55. The van der Waals surface area contributed by atoms with E-state index in [2.05, 4.69) is 37.4 Å². The Morgan fingerprint density at radius 3 is 2.94 bits per heavy atom. The first-order valence-corrected chi connectivity index (χ1v) is 7.34. The van der Waals surface area contributed by atoms with Crippen molar-refractivity contribution in [3.63, 3.8) is 0 Å². The second-order valence-corrected chi connectivity index (χ2v) is 5.11. The van der Waals surface area contributed by atoms with Gasteiger partial charge in [-0.3, -0.25) is 0 Å². The highest BCUT2D eigenvalue weighted by Crippen LogP contribution is 2.29. The van der Waals surface area contributed by atoms with Crippen LogP contribution in [0.15, 0.2) is 18.2 Å². The van der Waals surface area contributed by atoms with Gasteiger partial charge in [0, 0.05) is 6.04 Å². The van der Waals surface area contributed by atoms with Crippen molar-refractivity contribution < 1.29 is 4.74 Å². The Hall–Kier alpha value is -1.02. The molecule has 1 heterocycles. The quantitative estimate of drug-likeness (QED) is 0.824. The first kappa shape index (κ1) is 13.4. The molecule has 0 fully saturated rings. The van der Waals surface area contributed by atoms with Crippen LogP contribution in [0.25, 0.3) is 0 Å². The van der Waals surface area contributed by atoms with Crippen molar-refractivity contribution in [1.82, 2.24) is 5.32 Å². The van der Waals surface area contributed by atoms with Gasteiger partial charge in [-0.25, -0.2) is 0 Å². The number of hydrogen-bond donors (Lipinski definition) is 1. The lowest BCUT2D eigenvalue weighted by atomic mass is 9.97. The van der Waals surface area contributed by atoms with Crippen molar-refractivity contribution in [2.24, 2.45) is 0 Å². The second kappa shape index (κ2) is 6.79. The molecule has 0 amide bonds. The Labute approximate surface area is 111 Å². The maximum atomic E-state index is 5.68. The summed E-state index contributed by atoms with van der Waals surface area (Å²) in [4.78, 5) is 0. The molecule has 1 aliphatic rings. The molecular weight excluding hydrogens is 222 g/mol. The molecule has 0 saturated heterocycles. The van der Waals surface area contributed by atoms with E-state index in [1.165, 1.54) is 30.4 Å². The van der Waals surface area contributed by atoms with Crippen LogP contribution < -0.4 is 10.1 Å². The summed E-state index contributed by atoms with van der Waals surface area (Å²) in [5.41, 5.74) is 2.81. The summed E-state index contributed by atoms with van der Waals surface area (Å²) in [7, 11) is 0. The van der Waals surface area contributed by atoms with E-state index < -0.39 is 0 Å². The number of aryl methyl sites for hydroxylation is 1. The maximum Gasteiger partial charge on any atom is 0.122 e. The van der Waals surface area contributed by atoms with Gasteiger partial charge in [-0.1, -0.05) is 32.4 Å². The zero-order valence-electron chi connectivity index (χ0n) is 11.7. The Balaban J connectivity index is 2.13. The molecule has 18 heavy (non-hydrogen) atoms. The summed E-state index contributed by atoms with van der Waals surface area (Å²) in [6.45, 7) is 6.44. The fourth-order valence-electron chi connectivity index (χ4n) is 2.59.